The van der Waals surface area contributed by atoms with E-state index < -0.39 is 18.5 Å². The first-order valence-corrected chi connectivity index (χ1v) is 26.2. The van der Waals surface area contributed by atoms with Crippen molar-refractivity contribution in [3.63, 3.8) is 0 Å². The van der Waals surface area contributed by atoms with E-state index in [2.05, 4.69) is 35.3 Å². The van der Waals surface area contributed by atoms with Gasteiger partial charge in [-0.3, -0.25) is 9.59 Å². The van der Waals surface area contributed by atoms with Gasteiger partial charge in [0.05, 0.1) is 40.1 Å². The largest absolute Gasteiger partial charge is 0.493 e. The van der Waals surface area contributed by atoms with E-state index in [1.807, 2.05) is 50.3 Å². The number of carbonyl (C=O) groups excluding carboxylic acids is 3. The summed E-state index contributed by atoms with van der Waals surface area (Å²) < 4.78 is 37.9. The molecule has 0 radical (unpaired) electrons. The SMILES string of the molecule is CCO.COC(=O)COc1cc(C(=O)N[C@@H](C)/C=C/c2cnc(Oc3ccc(OCC4CC4)cc3Cl)s2)ccn1.C[C@@H](/C=C/c1cnc(Oc2ccc(OCC3CC3)cc2Cl)s1)NC(=O)c1ccnc(OCC(=O)O)c1. The number of hydrogen-bond acceptors (Lipinski definition) is 18. The summed E-state index contributed by atoms with van der Waals surface area (Å²) in [5.74, 6) is 1.64. The Morgan fingerprint density at radius 1 is 0.671 bits per heavy atom. The predicted molar refractivity (Wildman–Crippen MR) is 288 cm³/mol. The molecule has 4 heterocycles. The number of aromatic nitrogens is 4. The van der Waals surface area contributed by atoms with Crippen LogP contribution in [0.15, 0.2) is 97.6 Å². The molecule has 2 aliphatic rings. The van der Waals surface area contributed by atoms with Gasteiger partial charge in [0.1, 0.15) is 23.0 Å². The van der Waals surface area contributed by atoms with Crippen molar-refractivity contribution in [2.75, 3.05) is 40.1 Å². The van der Waals surface area contributed by atoms with Crippen molar-refractivity contribution >= 4 is 81.8 Å². The highest BCUT2D eigenvalue weighted by atomic mass is 35.5. The third-order valence-corrected chi connectivity index (χ3v) is 12.6. The van der Waals surface area contributed by atoms with Crippen LogP contribution >= 0.6 is 45.9 Å². The Balaban J connectivity index is 0.000000235. The number of carboxylic acid groups (broad SMARTS) is 1. The number of methoxy groups -OCH3 is 1. The van der Waals surface area contributed by atoms with Crippen LogP contribution in [0.25, 0.3) is 12.2 Å². The summed E-state index contributed by atoms with van der Waals surface area (Å²) in [5.41, 5.74) is 0.657. The lowest BCUT2D eigenvalue weighted by Crippen LogP contribution is -2.31. The summed E-state index contributed by atoms with van der Waals surface area (Å²) in [7, 11) is 1.26. The molecular formula is C53H56Cl2N6O13S2. The van der Waals surface area contributed by atoms with Crippen LogP contribution in [0.2, 0.25) is 10.0 Å². The number of aliphatic hydroxyl groups excluding tert-OH is 1. The molecule has 0 spiro atoms. The number of benzene rings is 2. The van der Waals surface area contributed by atoms with Crippen molar-refractivity contribution in [2.24, 2.45) is 11.8 Å². The zero-order chi connectivity index (χ0) is 54.4. The van der Waals surface area contributed by atoms with Crippen molar-refractivity contribution in [2.45, 2.75) is 58.5 Å². The highest BCUT2D eigenvalue weighted by Crippen LogP contribution is 2.37. The number of esters is 1. The van der Waals surface area contributed by atoms with E-state index >= 15 is 0 Å². The van der Waals surface area contributed by atoms with Gasteiger partial charge in [-0.05, 0) is 107 Å². The number of rotatable bonds is 24. The maximum absolute atomic E-state index is 12.6. The second kappa shape index (κ2) is 29.7. The van der Waals surface area contributed by atoms with E-state index in [1.54, 1.807) is 49.6 Å². The van der Waals surface area contributed by atoms with Gasteiger partial charge in [0.15, 0.2) is 13.2 Å². The monoisotopic (exact) mass is 1120 g/mol. The van der Waals surface area contributed by atoms with Crippen LogP contribution in [0, 0.1) is 11.8 Å². The molecule has 0 aliphatic heterocycles. The van der Waals surface area contributed by atoms with E-state index in [1.165, 1.54) is 86.1 Å². The Morgan fingerprint density at radius 3 is 1.50 bits per heavy atom. The van der Waals surface area contributed by atoms with Crippen LogP contribution < -0.4 is 39.1 Å². The minimum Gasteiger partial charge on any atom is -0.493 e. The molecule has 2 amide bonds. The second-order valence-corrected chi connectivity index (χ2v) is 19.7. The molecule has 8 rings (SSSR count). The first kappa shape index (κ1) is 58.0. The molecule has 19 nitrogen and oxygen atoms in total. The molecular weight excluding hydrogens is 1060 g/mol. The molecule has 76 heavy (non-hydrogen) atoms. The van der Waals surface area contributed by atoms with Crippen LogP contribution in [0.4, 0.5) is 0 Å². The lowest BCUT2D eigenvalue weighted by atomic mass is 10.2. The fraction of sp³-hybridized carbons (Fsp3) is 0.321. The van der Waals surface area contributed by atoms with Gasteiger partial charge < -0.3 is 54.0 Å². The van der Waals surface area contributed by atoms with Crippen molar-refractivity contribution in [1.29, 1.82) is 0 Å². The highest BCUT2D eigenvalue weighted by molar-refractivity contribution is 7.14. The van der Waals surface area contributed by atoms with E-state index in [-0.39, 0.29) is 48.9 Å². The van der Waals surface area contributed by atoms with Gasteiger partial charge in [0, 0.05) is 78.9 Å². The zero-order valence-electron chi connectivity index (χ0n) is 41.8. The Morgan fingerprint density at radius 2 is 1.11 bits per heavy atom. The van der Waals surface area contributed by atoms with Gasteiger partial charge in [-0.15, -0.1) is 0 Å². The van der Waals surface area contributed by atoms with E-state index in [0.717, 1.165) is 15.5 Å². The maximum Gasteiger partial charge on any atom is 0.343 e. The van der Waals surface area contributed by atoms with Crippen molar-refractivity contribution in [3.8, 4) is 45.1 Å². The van der Waals surface area contributed by atoms with Gasteiger partial charge in [-0.25, -0.2) is 29.5 Å². The lowest BCUT2D eigenvalue weighted by molar-refractivity contribution is -0.143. The first-order chi connectivity index (χ1) is 36.7. The Kier molecular flexibility index (Phi) is 22.7. The van der Waals surface area contributed by atoms with Crippen molar-refractivity contribution in [1.82, 2.24) is 30.6 Å². The summed E-state index contributed by atoms with van der Waals surface area (Å²) in [6, 6.07) is 16.0. The smallest absolute Gasteiger partial charge is 0.343 e. The number of hydrogen-bond donors (Lipinski definition) is 4. The number of aliphatic carboxylic acids is 1. The van der Waals surface area contributed by atoms with Gasteiger partial charge in [-0.2, -0.15) is 0 Å². The van der Waals surface area contributed by atoms with Crippen molar-refractivity contribution < 1.29 is 62.5 Å². The quantitative estimate of drug-likeness (QED) is 0.0411. The predicted octanol–water partition coefficient (Wildman–Crippen LogP) is 10.2. The molecule has 2 atom stereocenters. The molecule has 0 bridgehead atoms. The summed E-state index contributed by atoms with van der Waals surface area (Å²) >= 11 is 15.4. The molecule has 2 saturated carbocycles. The number of carbonyl (C=O) groups is 4. The number of amides is 2. The Hall–Kier alpha value is -7.30. The molecule has 6 aromatic rings. The molecule has 2 aliphatic carbocycles. The molecule has 4 N–H and O–H groups in total. The van der Waals surface area contributed by atoms with Crippen LogP contribution in [0.5, 0.6) is 45.1 Å². The number of ether oxygens (including phenoxy) is 7. The van der Waals surface area contributed by atoms with E-state index in [9.17, 15) is 19.2 Å². The number of nitrogens with zero attached hydrogens (tertiary/aromatic N) is 4. The van der Waals surface area contributed by atoms with Gasteiger partial charge >= 0.3 is 11.9 Å². The molecule has 2 aromatic carbocycles. The third kappa shape index (κ3) is 20.4. The van der Waals surface area contributed by atoms with Gasteiger partial charge in [-0.1, -0.05) is 58.0 Å². The molecule has 0 unspecified atom stereocenters. The number of carboxylic acids is 1. The minimum atomic E-state index is -1.13. The number of nitrogens with one attached hydrogen (secondary N) is 2. The van der Waals surface area contributed by atoms with E-state index in [0.29, 0.717) is 73.9 Å². The Bertz CT molecular complexity index is 2950. The summed E-state index contributed by atoms with van der Waals surface area (Å²) in [5, 5.41) is 23.8. The van der Waals surface area contributed by atoms with Crippen LogP contribution in [-0.2, 0) is 14.3 Å². The summed E-state index contributed by atoms with van der Waals surface area (Å²) in [6.07, 6.45) is 18.4. The van der Waals surface area contributed by atoms with Crippen LogP contribution in [-0.4, -0.2) is 106 Å². The average Bonchev–Trinajstić information content (AvgIpc) is 4.34. The fourth-order valence-electron chi connectivity index (χ4n) is 6.02. The fourth-order valence-corrected chi connectivity index (χ4v) is 7.82. The standard InChI is InChI=1S/C26H26ClN3O6S.C25H24ClN3O6S.C2H6O/c1-16(30-25(32)18-9-10-28-23(11-18)35-15-24(31)33-2)3-7-20-13-29-26(37-20)36-22-8-6-19(12-21(22)27)34-14-17-4-5-17;1-15(29-24(32)17-8-9-27-22(10-17)34-14-23(30)31)2-6-19-12-28-25(36-19)35-21-7-5-18(11-20(21)26)33-13-16-3-4-16;1-2-3/h3,6-13,16-17H,4-5,14-15H2,1-2H3,(H,30,32);2,5-12,15-16H,3-4,13-14H2,1H3,(H,29,32)(H,30,31);3H,2H2,1H3/b7-3+;6-2+;/t16-;15-;/m00./s1. The number of thiazole rings is 2. The molecule has 0 saturated heterocycles. The molecule has 23 heteroatoms. The maximum atomic E-state index is 12.6. The first-order valence-electron chi connectivity index (χ1n) is 23.8. The zero-order valence-corrected chi connectivity index (χ0v) is 45.0. The van der Waals surface area contributed by atoms with Gasteiger partial charge in [0.2, 0.25) is 11.8 Å². The molecule has 2 fully saturated rings. The summed E-state index contributed by atoms with van der Waals surface area (Å²) in [6.45, 7) is 6.19. The summed E-state index contributed by atoms with van der Waals surface area (Å²) in [4.78, 5) is 65.1. The van der Waals surface area contributed by atoms with Gasteiger partial charge in [0.25, 0.3) is 22.2 Å². The average molecular weight is 1120 g/mol. The Labute approximate surface area is 456 Å². The number of aliphatic hydroxyl groups is 1. The number of pyridine rings is 2. The molecule has 402 valence electrons. The van der Waals surface area contributed by atoms with Crippen LogP contribution in [0.1, 0.15) is 76.9 Å². The number of halogens is 2. The molecule has 4 aromatic heterocycles. The minimum absolute atomic E-state index is 0.0611. The van der Waals surface area contributed by atoms with Crippen LogP contribution in [0.3, 0.4) is 0 Å². The lowest BCUT2D eigenvalue weighted by Gasteiger charge is -2.10. The third-order valence-electron chi connectivity index (χ3n) is 10.3. The topological polar surface area (TPSA) is 249 Å². The highest BCUT2D eigenvalue weighted by Gasteiger charge is 2.23. The second-order valence-electron chi connectivity index (χ2n) is 16.8. The normalized spacial score (nSPS) is 13.5. The van der Waals surface area contributed by atoms with E-state index in [4.69, 9.17) is 61.8 Å². The van der Waals surface area contributed by atoms with Crippen molar-refractivity contribution in [3.05, 3.63) is 129 Å².